The normalized spacial score (nSPS) is 16.1. The van der Waals surface area contributed by atoms with Gasteiger partial charge in [-0.15, -0.1) is 0 Å². The summed E-state index contributed by atoms with van der Waals surface area (Å²) in [6.07, 6.45) is 5.18. The molecule has 0 bridgehead atoms. The van der Waals surface area contributed by atoms with E-state index in [9.17, 15) is 18.7 Å². The third kappa shape index (κ3) is 6.44. The maximum Gasteiger partial charge on any atom is 0.224 e. The molecule has 0 aliphatic carbocycles. The van der Waals surface area contributed by atoms with Crippen LogP contribution < -0.4 is 10.2 Å². The van der Waals surface area contributed by atoms with Crippen LogP contribution in [0, 0.1) is 11.6 Å². The Kier molecular flexibility index (Phi) is 8.27. The zero-order valence-corrected chi connectivity index (χ0v) is 20.4. The number of anilines is 2. The van der Waals surface area contributed by atoms with Gasteiger partial charge in [0.05, 0.1) is 6.54 Å². The number of hydrogen-bond acceptors (Lipinski definition) is 6. The number of nitrogens with one attached hydrogen (secondary N) is 1. The molecular formula is C26H32F2N6O2. The van der Waals surface area contributed by atoms with Gasteiger partial charge in [0.1, 0.15) is 29.9 Å². The number of β-amino-alcohol motifs (C(OH)–C–C–N with tert-alkyl or cyclic N) is 1. The van der Waals surface area contributed by atoms with E-state index in [0.29, 0.717) is 32.6 Å². The minimum absolute atomic E-state index is 0.0127. The van der Waals surface area contributed by atoms with Gasteiger partial charge in [0.15, 0.2) is 0 Å². The van der Waals surface area contributed by atoms with Crippen LogP contribution in [0.15, 0.2) is 55.1 Å². The van der Waals surface area contributed by atoms with Crippen molar-refractivity contribution in [1.29, 1.82) is 0 Å². The maximum atomic E-state index is 14.7. The van der Waals surface area contributed by atoms with Gasteiger partial charge in [0.25, 0.3) is 0 Å². The molecule has 1 saturated heterocycles. The third-order valence-corrected chi connectivity index (χ3v) is 6.45. The summed E-state index contributed by atoms with van der Waals surface area (Å²) in [6, 6.07) is 11.0. The molecule has 1 fully saturated rings. The molecule has 2 N–H and O–H groups in total. The standard InChI is InChI=1S/C26H32F2N6O2/c1-2-3-4-25(35)31-21-6-8-22(9-7-21)33-13-11-32(12-14-33)16-26(36,17-34-19-29-18-30-34)23-10-5-20(27)15-24(23)28/h5-10,15,18-19,36H,2-4,11-14,16-17H2,1H3,(H,31,35). The second-order valence-corrected chi connectivity index (χ2v) is 9.21. The van der Waals surface area contributed by atoms with Gasteiger partial charge in [-0.05, 0) is 36.8 Å². The molecule has 1 unspecified atom stereocenters. The molecule has 192 valence electrons. The monoisotopic (exact) mass is 498 g/mol. The van der Waals surface area contributed by atoms with Gasteiger partial charge < -0.3 is 15.3 Å². The first-order valence-corrected chi connectivity index (χ1v) is 12.2. The first-order valence-electron chi connectivity index (χ1n) is 12.2. The van der Waals surface area contributed by atoms with Crippen LogP contribution in [0.25, 0.3) is 0 Å². The van der Waals surface area contributed by atoms with Crippen molar-refractivity contribution in [3.8, 4) is 0 Å². The van der Waals surface area contributed by atoms with Crippen LogP contribution in [-0.4, -0.2) is 63.4 Å². The lowest BCUT2D eigenvalue weighted by Gasteiger charge is -2.40. The highest BCUT2D eigenvalue weighted by atomic mass is 19.1. The predicted molar refractivity (Wildman–Crippen MR) is 134 cm³/mol. The van der Waals surface area contributed by atoms with E-state index < -0.39 is 17.2 Å². The van der Waals surface area contributed by atoms with Gasteiger partial charge >= 0.3 is 0 Å². The molecule has 2 heterocycles. The minimum atomic E-state index is -1.62. The Balaban J connectivity index is 1.39. The first kappa shape index (κ1) is 25.7. The van der Waals surface area contributed by atoms with Crippen molar-refractivity contribution in [1.82, 2.24) is 19.7 Å². The molecular weight excluding hydrogens is 466 g/mol. The molecule has 8 nitrogen and oxygen atoms in total. The number of halogens is 2. The Morgan fingerprint density at radius 2 is 1.83 bits per heavy atom. The number of carbonyl (C=O) groups is 1. The SMILES string of the molecule is CCCCC(=O)Nc1ccc(N2CCN(CC(O)(Cn3cncn3)c3ccc(F)cc3F)CC2)cc1. The van der Waals surface area contributed by atoms with Gasteiger partial charge in [-0.2, -0.15) is 5.10 Å². The van der Waals surface area contributed by atoms with E-state index in [4.69, 9.17) is 0 Å². The molecule has 1 aliphatic rings. The summed E-state index contributed by atoms with van der Waals surface area (Å²) in [6.45, 7) is 4.94. The fourth-order valence-corrected chi connectivity index (χ4v) is 4.52. The highest BCUT2D eigenvalue weighted by Gasteiger charge is 2.36. The van der Waals surface area contributed by atoms with Crippen molar-refractivity contribution in [2.75, 3.05) is 42.9 Å². The zero-order chi connectivity index (χ0) is 25.5. The van der Waals surface area contributed by atoms with E-state index in [1.165, 1.54) is 23.4 Å². The Morgan fingerprint density at radius 3 is 2.47 bits per heavy atom. The molecule has 0 radical (unpaired) electrons. The summed E-state index contributed by atoms with van der Waals surface area (Å²) in [4.78, 5) is 20.2. The molecule has 1 aliphatic heterocycles. The van der Waals surface area contributed by atoms with Crippen molar-refractivity contribution in [2.45, 2.75) is 38.3 Å². The van der Waals surface area contributed by atoms with E-state index >= 15 is 0 Å². The van der Waals surface area contributed by atoms with Crippen molar-refractivity contribution in [2.24, 2.45) is 0 Å². The number of nitrogens with zero attached hydrogens (tertiary/aromatic N) is 5. The van der Waals surface area contributed by atoms with Crippen LogP contribution in [0.2, 0.25) is 0 Å². The summed E-state index contributed by atoms with van der Waals surface area (Å²) >= 11 is 0. The number of benzene rings is 2. The molecule has 4 rings (SSSR count). The van der Waals surface area contributed by atoms with Crippen LogP contribution in [0.1, 0.15) is 31.7 Å². The number of carbonyl (C=O) groups excluding carboxylic acids is 1. The average Bonchev–Trinajstić information content (AvgIpc) is 3.36. The molecule has 1 atom stereocenters. The maximum absolute atomic E-state index is 14.7. The summed E-state index contributed by atoms with van der Waals surface area (Å²) in [5.74, 6) is -1.47. The van der Waals surface area contributed by atoms with Crippen LogP contribution >= 0.6 is 0 Å². The summed E-state index contributed by atoms with van der Waals surface area (Å²) in [7, 11) is 0. The van der Waals surface area contributed by atoms with Gasteiger partial charge in [-0.1, -0.05) is 19.4 Å². The molecule has 36 heavy (non-hydrogen) atoms. The number of piperazine rings is 1. The first-order chi connectivity index (χ1) is 17.4. The average molecular weight is 499 g/mol. The van der Waals surface area contributed by atoms with Crippen molar-refractivity contribution >= 4 is 17.3 Å². The lowest BCUT2D eigenvalue weighted by Crippen LogP contribution is -2.52. The molecule has 10 heteroatoms. The predicted octanol–water partition coefficient (Wildman–Crippen LogP) is 3.40. The van der Waals surface area contributed by atoms with E-state index in [1.54, 1.807) is 0 Å². The van der Waals surface area contributed by atoms with E-state index in [2.05, 4.69) is 32.1 Å². The summed E-state index contributed by atoms with van der Waals surface area (Å²) in [5.41, 5.74) is 0.228. The van der Waals surface area contributed by atoms with Gasteiger partial charge in [0, 0.05) is 62.1 Å². The number of amides is 1. The fourth-order valence-electron chi connectivity index (χ4n) is 4.52. The lowest BCUT2D eigenvalue weighted by atomic mass is 9.92. The number of rotatable bonds is 10. The number of aromatic nitrogens is 3. The molecule has 1 aromatic heterocycles. The topological polar surface area (TPSA) is 86.5 Å². The number of hydrogen-bond donors (Lipinski definition) is 2. The quantitative estimate of drug-likeness (QED) is 0.446. The molecule has 3 aromatic rings. The van der Waals surface area contributed by atoms with E-state index in [-0.39, 0.29) is 24.6 Å². The Bertz CT molecular complexity index is 1130. The third-order valence-electron chi connectivity index (χ3n) is 6.45. The van der Waals surface area contributed by atoms with Crippen molar-refractivity contribution in [3.63, 3.8) is 0 Å². The molecule has 0 spiro atoms. The van der Waals surface area contributed by atoms with E-state index in [0.717, 1.165) is 36.3 Å². The Morgan fingerprint density at radius 1 is 1.08 bits per heavy atom. The molecule has 2 aromatic carbocycles. The van der Waals surface area contributed by atoms with Gasteiger partial charge in [0.2, 0.25) is 5.91 Å². The van der Waals surface area contributed by atoms with E-state index in [1.807, 2.05) is 24.3 Å². The largest absolute Gasteiger partial charge is 0.382 e. The number of aliphatic hydroxyl groups is 1. The van der Waals surface area contributed by atoms with Crippen LogP contribution in [0.4, 0.5) is 20.2 Å². The summed E-state index contributed by atoms with van der Waals surface area (Å²) < 4.78 is 29.7. The zero-order valence-electron chi connectivity index (χ0n) is 20.4. The summed E-state index contributed by atoms with van der Waals surface area (Å²) in [5, 5.41) is 18.6. The highest BCUT2D eigenvalue weighted by Crippen LogP contribution is 2.29. The van der Waals surface area contributed by atoms with Crippen LogP contribution in [0.5, 0.6) is 0 Å². The smallest absolute Gasteiger partial charge is 0.224 e. The van der Waals surface area contributed by atoms with Crippen molar-refractivity contribution in [3.05, 3.63) is 72.3 Å². The Labute approximate surface area is 209 Å². The molecule has 1 amide bonds. The second kappa shape index (κ2) is 11.6. The van der Waals surface area contributed by atoms with Gasteiger partial charge in [-0.3, -0.25) is 9.69 Å². The van der Waals surface area contributed by atoms with Crippen LogP contribution in [-0.2, 0) is 16.9 Å². The molecule has 0 saturated carbocycles. The minimum Gasteiger partial charge on any atom is -0.382 e. The second-order valence-electron chi connectivity index (χ2n) is 9.21. The highest BCUT2D eigenvalue weighted by molar-refractivity contribution is 5.90. The number of unbranched alkanes of at least 4 members (excludes halogenated alkanes) is 1. The van der Waals surface area contributed by atoms with Crippen molar-refractivity contribution < 1.29 is 18.7 Å². The van der Waals surface area contributed by atoms with Gasteiger partial charge in [-0.25, -0.2) is 18.4 Å². The lowest BCUT2D eigenvalue weighted by molar-refractivity contribution is -0.116. The van der Waals surface area contributed by atoms with Crippen LogP contribution in [0.3, 0.4) is 0 Å². The fraction of sp³-hybridized carbons (Fsp3) is 0.423. The Hall–Kier alpha value is -3.37.